The molecule has 2 aromatic rings. The van der Waals surface area contributed by atoms with Gasteiger partial charge in [-0.25, -0.2) is 4.79 Å². The fraction of sp³-hybridized carbons (Fsp3) is 0.278. The molecule has 0 heterocycles. The number of benzene rings is 2. The largest absolute Gasteiger partial charge is 0.487 e. The minimum absolute atomic E-state index is 0.286. The Morgan fingerprint density at radius 3 is 2.75 bits per heavy atom. The minimum atomic E-state index is -0.516. The number of amides is 1. The van der Waals surface area contributed by atoms with Crippen molar-refractivity contribution in [3.8, 4) is 5.75 Å². The summed E-state index contributed by atoms with van der Waals surface area (Å²) in [6.07, 6.45) is 0.301. The lowest BCUT2D eigenvalue weighted by atomic mass is 10.0. The number of hydrogen-bond acceptors (Lipinski definition) is 4. The number of methoxy groups -OCH3 is 1. The molecule has 0 aliphatic rings. The van der Waals surface area contributed by atoms with Crippen molar-refractivity contribution in [3.05, 3.63) is 52.0 Å². The average molecular weight is 366 g/mol. The zero-order chi connectivity index (χ0) is 17.7. The van der Waals surface area contributed by atoms with Crippen molar-refractivity contribution in [1.82, 2.24) is 0 Å². The third-order valence-electron chi connectivity index (χ3n) is 3.70. The predicted octanol–water partition coefficient (Wildman–Crippen LogP) is 5.26. The molecule has 1 N–H and O–H groups in total. The highest BCUT2D eigenvalue weighted by Gasteiger charge is 2.13. The maximum absolute atomic E-state index is 11.5. The maximum Gasteiger partial charge on any atom is 0.411 e. The Hall–Kier alpha value is -1.85. The quantitative estimate of drug-likeness (QED) is 0.711. The van der Waals surface area contributed by atoms with Crippen LogP contribution in [0.1, 0.15) is 23.6 Å². The Morgan fingerprint density at radius 1 is 1.33 bits per heavy atom. The summed E-state index contributed by atoms with van der Waals surface area (Å²) >= 11 is 10.6. The maximum atomic E-state index is 11.5. The third-order valence-corrected chi connectivity index (χ3v) is 4.48. The van der Waals surface area contributed by atoms with Crippen LogP contribution in [0.15, 0.2) is 35.2 Å². The number of carbonyl (C=O) groups is 1. The summed E-state index contributed by atoms with van der Waals surface area (Å²) in [6.45, 7) is 4.28. The van der Waals surface area contributed by atoms with E-state index in [9.17, 15) is 4.79 Å². The molecule has 128 valence electrons. The Bertz CT molecular complexity index is 749. The van der Waals surface area contributed by atoms with Gasteiger partial charge in [0.15, 0.2) is 0 Å². The van der Waals surface area contributed by atoms with Crippen molar-refractivity contribution in [2.75, 3.05) is 12.4 Å². The Labute approximate surface area is 152 Å². The van der Waals surface area contributed by atoms with Gasteiger partial charge in [0.1, 0.15) is 12.4 Å². The Morgan fingerprint density at radius 2 is 2.08 bits per heavy atom. The van der Waals surface area contributed by atoms with Gasteiger partial charge in [0.05, 0.1) is 17.8 Å². The number of hydrogen-bond donors (Lipinski definition) is 2. The molecule has 0 unspecified atom stereocenters. The number of thiol groups is 1. The summed E-state index contributed by atoms with van der Waals surface area (Å²) in [6, 6.07) is 9.32. The molecular weight excluding hydrogens is 346 g/mol. The van der Waals surface area contributed by atoms with Crippen LogP contribution in [0.2, 0.25) is 5.02 Å². The third kappa shape index (κ3) is 4.36. The summed E-state index contributed by atoms with van der Waals surface area (Å²) in [4.78, 5) is 12.4. The minimum Gasteiger partial charge on any atom is -0.487 e. The highest BCUT2D eigenvalue weighted by molar-refractivity contribution is 7.80. The summed E-state index contributed by atoms with van der Waals surface area (Å²) < 4.78 is 10.6. The van der Waals surface area contributed by atoms with Gasteiger partial charge in [-0.3, -0.25) is 5.32 Å². The highest BCUT2D eigenvalue weighted by Crippen LogP contribution is 2.31. The number of halogens is 1. The van der Waals surface area contributed by atoms with Crippen molar-refractivity contribution < 1.29 is 14.3 Å². The topological polar surface area (TPSA) is 47.6 Å². The molecule has 24 heavy (non-hydrogen) atoms. The second kappa shape index (κ2) is 8.31. The summed E-state index contributed by atoms with van der Waals surface area (Å²) in [5.41, 5.74) is 3.63. The molecule has 0 saturated heterocycles. The number of anilines is 1. The normalized spacial score (nSPS) is 10.4. The van der Waals surface area contributed by atoms with E-state index in [2.05, 4.69) is 22.7 Å². The Balaban J connectivity index is 2.28. The van der Waals surface area contributed by atoms with Crippen LogP contribution in [-0.4, -0.2) is 13.2 Å². The van der Waals surface area contributed by atoms with Gasteiger partial charge < -0.3 is 9.47 Å². The molecule has 0 radical (unpaired) electrons. The van der Waals surface area contributed by atoms with Crippen LogP contribution < -0.4 is 10.1 Å². The molecule has 0 fully saturated rings. The monoisotopic (exact) mass is 365 g/mol. The van der Waals surface area contributed by atoms with Gasteiger partial charge in [0.25, 0.3) is 0 Å². The lowest BCUT2D eigenvalue weighted by Crippen LogP contribution is -2.14. The molecule has 2 aromatic carbocycles. The molecule has 0 spiro atoms. The Kier molecular flexibility index (Phi) is 6.40. The molecule has 2 rings (SSSR count). The first-order chi connectivity index (χ1) is 11.5. The molecule has 0 aliphatic heterocycles. The van der Waals surface area contributed by atoms with Crippen LogP contribution in [0, 0.1) is 6.92 Å². The van der Waals surface area contributed by atoms with E-state index in [1.54, 1.807) is 6.07 Å². The smallest absolute Gasteiger partial charge is 0.411 e. The van der Waals surface area contributed by atoms with Crippen LogP contribution in [0.5, 0.6) is 5.75 Å². The van der Waals surface area contributed by atoms with E-state index < -0.39 is 6.09 Å². The second-order valence-electron chi connectivity index (χ2n) is 5.27. The van der Waals surface area contributed by atoms with Gasteiger partial charge in [-0.2, -0.15) is 0 Å². The van der Waals surface area contributed by atoms with Crippen LogP contribution in [0.3, 0.4) is 0 Å². The lowest BCUT2D eigenvalue weighted by Gasteiger charge is -2.16. The molecule has 1 amide bonds. The van der Waals surface area contributed by atoms with E-state index in [4.69, 9.17) is 16.3 Å². The van der Waals surface area contributed by atoms with Gasteiger partial charge in [0, 0.05) is 10.5 Å². The van der Waals surface area contributed by atoms with E-state index in [0.717, 1.165) is 28.0 Å². The molecule has 6 heteroatoms. The van der Waals surface area contributed by atoms with Crippen molar-refractivity contribution >= 4 is 36.0 Å². The van der Waals surface area contributed by atoms with Gasteiger partial charge in [-0.1, -0.05) is 30.7 Å². The fourth-order valence-electron chi connectivity index (χ4n) is 2.32. The van der Waals surface area contributed by atoms with Crippen molar-refractivity contribution in [2.24, 2.45) is 0 Å². The number of rotatable bonds is 5. The summed E-state index contributed by atoms with van der Waals surface area (Å²) in [7, 11) is 1.33. The predicted molar refractivity (Wildman–Crippen MR) is 99.6 cm³/mol. The van der Waals surface area contributed by atoms with E-state index in [1.807, 2.05) is 38.1 Å². The first kappa shape index (κ1) is 18.5. The fourth-order valence-corrected chi connectivity index (χ4v) is 2.81. The summed E-state index contributed by atoms with van der Waals surface area (Å²) in [5, 5.41) is 3.22. The zero-order valence-corrected chi connectivity index (χ0v) is 15.5. The van der Waals surface area contributed by atoms with Gasteiger partial charge in [-0.15, -0.1) is 12.6 Å². The van der Waals surface area contributed by atoms with Crippen LogP contribution >= 0.6 is 24.2 Å². The number of aryl methyl sites for hydroxylation is 2. The van der Waals surface area contributed by atoms with Gasteiger partial charge >= 0.3 is 6.09 Å². The first-order valence-corrected chi connectivity index (χ1v) is 8.36. The number of carbonyl (C=O) groups excluding carboxylic acids is 1. The van der Waals surface area contributed by atoms with Crippen LogP contribution in [-0.2, 0) is 17.8 Å². The van der Waals surface area contributed by atoms with Crippen LogP contribution in [0.4, 0.5) is 10.5 Å². The molecule has 0 aromatic heterocycles. The molecule has 4 nitrogen and oxygen atoms in total. The first-order valence-electron chi connectivity index (χ1n) is 7.53. The van der Waals surface area contributed by atoms with Crippen molar-refractivity contribution in [1.29, 1.82) is 0 Å². The van der Waals surface area contributed by atoms with E-state index >= 15 is 0 Å². The number of ether oxygens (including phenoxy) is 2. The number of nitrogens with one attached hydrogen (secondary N) is 1. The van der Waals surface area contributed by atoms with E-state index in [0.29, 0.717) is 16.5 Å². The molecular formula is C18H20ClNO3S. The zero-order valence-electron chi connectivity index (χ0n) is 13.9. The molecule has 0 atom stereocenters. The van der Waals surface area contributed by atoms with Crippen molar-refractivity contribution in [3.63, 3.8) is 0 Å². The standard InChI is InChI=1S/C18H20ClNO3S/c1-4-12-6-5-7-15(20-18(21)22-3)13(12)10-23-16-8-11(2)17(24)9-14(16)19/h5-9,24H,4,10H2,1-3H3,(H,20,21). The lowest BCUT2D eigenvalue weighted by molar-refractivity contribution is 0.187. The van der Waals surface area contributed by atoms with Gasteiger partial charge in [0.2, 0.25) is 0 Å². The molecule has 0 aliphatic carbocycles. The average Bonchev–Trinajstić information content (AvgIpc) is 2.57. The van der Waals surface area contributed by atoms with Crippen molar-refractivity contribution in [2.45, 2.75) is 31.8 Å². The molecule has 0 saturated carbocycles. The van der Waals surface area contributed by atoms with E-state index in [1.165, 1.54) is 7.11 Å². The summed E-state index contributed by atoms with van der Waals surface area (Å²) in [5.74, 6) is 0.585. The molecule has 0 bridgehead atoms. The highest BCUT2D eigenvalue weighted by atomic mass is 35.5. The second-order valence-corrected chi connectivity index (χ2v) is 6.16. The van der Waals surface area contributed by atoms with Crippen LogP contribution in [0.25, 0.3) is 0 Å². The van der Waals surface area contributed by atoms with Gasteiger partial charge in [-0.05, 0) is 42.7 Å². The van der Waals surface area contributed by atoms with E-state index in [-0.39, 0.29) is 6.61 Å². The SMILES string of the molecule is CCc1cccc(NC(=O)OC)c1COc1cc(C)c(S)cc1Cl.